The predicted molar refractivity (Wildman–Crippen MR) is 107 cm³/mol. The SMILES string of the molecule is C=CCOC(=O)C(CN)N(C)C(=O)OCC1c2ccccc2-c2ccccc21. The first kappa shape index (κ1) is 19.6. The number of rotatable bonds is 7. The number of esters is 1. The fraction of sp³-hybridized carbons (Fsp3) is 0.273. The number of likely N-dealkylation sites (N-methyl/N-ethyl adjacent to an activating group) is 1. The van der Waals surface area contributed by atoms with E-state index in [1.807, 2.05) is 36.4 Å². The molecular formula is C22H24N2O4. The van der Waals surface area contributed by atoms with Gasteiger partial charge < -0.3 is 15.2 Å². The van der Waals surface area contributed by atoms with Crippen LogP contribution in [0.1, 0.15) is 17.0 Å². The zero-order valence-corrected chi connectivity index (χ0v) is 15.8. The van der Waals surface area contributed by atoms with Crippen molar-refractivity contribution in [2.24, 2.45) is 5.73 Å². The number of fused-ring (bicyclic) bond motifs is 3. The van der Waals surface area contributed by atoms with Gasteiger partial charge in [-0.05, 0) is 22.3 Å². The second kappa shape index (κ2) is 8.71. The molecule has 0 aliphatic heterocycles. The van der Waals surface area contributed by atoms with Gasteiger partial charge in [-0.15, -0.1) is 0 Å². The largest absolute Gasteiger partial charge is 0.460 e. The number of benzene rings is 2. The lowest BCUT2D eigenvalue weighted by Crippen LogP contribution is -2.48. The summed E-state index contributed by atoms with van der Waals surface area (Å²) < 4.78 is 10.5. The third-order valence-electron chi connectivity index (χ3n) is 4.93. The fourth-order valence-corrected chi connectivity index (χ4v) is 3.47. The van der Waals surface area contributed by atoms with Crippen LogP contribution in [0.4, 0.5) is 4.79 Å². The average Bonchev–Trinajstić information content (AvgIpc) is 3.04. The molecule has 1 unspecified atom stereocenters. The van der Waals surface area contributed by atoms with E-state index in [4.69, 9.17) is 15.2 Å². The van der Waals surface area contributed by atoms with Gasteiger partial charge >= 0.3 is 12.1 Å². The molecule has 1 amide bonds. The molecule has 0 fully saturated rings. The monoisotopic (exact) mass is 380 g/mol. The van der Waals surface area contributed by atoms with Crippen LogP contribution in [-0.4, -0.2) is 49.8 Å². The van der Waals surface area contributed by atoms with Crippen LogP contribution in [0.25, 0.3) is 11.1 Å². The number of hydrogen-bond acceptors (Lipinski definition) is 5. The molecular weight excluding hydrogens is 356 g/mol. The highest BCUT2D eigenvalue weighted by Crippen LogP contribution is 2.44. The lowest BCUT2D eigenvalue weighted by molar-refractivity contribution is -0.147. The van der Waals surface area contributed by atoms with Crippen LogP contribution in [0.2, 0.25) is 0 Å². The van der Waals surface area contributed by atoms with Crippen LogP contribution in [0.5, 0.6) is 0 Å². The van der Waals surface area contributed by atoms with Gasteiger partial charge in [-0.1, -0.05) is 61.2 Å². The van der Waals surface area contributed by atoms with Gasteiger partial charge in [-0.2, -0.15) is 0 Å². The topological polar surface area (TPSA) is 81.9 Å². The first-order valence-corrected chi connectivity index (χ1v) is 9.13. The molecule has 0 saturated carbocycles. The Balaban J connectivity index is 1.70. The second-order valence-electron chi connectivity index (χ2n) is 6.59. The quantitative estimate of drug-likeness (QED) is 0.590. The van der Waals surface area contributed by atoms with Crippen LogP contribution in [0.15, 0.2) is 61.2 Å². The summed E-state index contributed by atoms with van der Waals surface area (Å²) in [6.45, 7) is 3.68. The van der Waals surface area contributed by atoms with E-state index in [1.165, 1.54) is 18.0 Å². The Morgan fingerprint density at radius 3 is 2.21 bits per heavy atom. The Kier molecular flexibility index (Phi) is 6.11. The maximum Gasteiger partial charge on any atom is 0.410 e. The summed E-state index contributed by atoms with van der Waals surface area (Å²) in [7, 11) is 1.48. The number of carbonyl (C=O) groups is 2. The van der Waals surface area contributed by atoms with Crippen molar-refractivity contribution in [1.82, 2.24) is 4.90 Å². The predicted octanol–water partition coefficient (Wildman–Crippen LogP) is 2.92. The molecule has 0 aromatic heterocycles. The zero-order chi connectivity index (χ0) is 20.1. The zero-order valence-electron chi connectivity index (χ0n) is 15.8. The summed E-state index contributed by atoms with van der Waals surface area (Å²) in [5.41, 5.74) is 10.2. The Morgan fingerprint density at radius 1 is 1.11 bits per heavy atom. The lowest BCUT2D eigenvalue weighted by Gasteiger charge is -2.25. The number of hydrogen-bond donors (Lipinski definition) is 1. The molecule has 2 aromatic carbocycles. The van der Waals surface area contributed by atoms with Crippen LogP contribution >= 0.6 is 0 Å². The average molecular weight is 380 g/mol. The molecule has 28 heavy (non-hydrogen) atoms. The van der Waals surface area contributed by atoms with Crippen LogP contribution in [-0.2, 0) is 14.3 Å². The summed E-state index contributed by atoms with van der Waals surface area (Å²) in [5.74, 6) is -0.632. The van der Waals surface area contributed by atoms with E-state index in [0.717, 1.165) is 22.3 Å². The van der Waals surface area contributed by atoms with Gasteiger partial charge in [0.25, 0.3) is 0 Å². The van der Waals surface area contributed by atoms with E-state index in [1.54, 1.807) is 0 Å². The van der Waals surface area contributed by atoms with E-state index in [-0.39, 0.29) is 25.7 Å². The van der Waals surface area contributed by atoms with Crippen molar-refractivity contribution in [2.75, 3.05) is 26.8 Å². The van der Waals surface area contributed by atoms with Crippen molar-refractivity contribution in [3.05, 3.63) is 72.3 Å². The van der Waals surface area contributed by atoms with E-state index < -0.39 is 18.1 Å². The normalized spacial score (nSPS) is 13.2. The first-order valence-electron chi connectivity index (χ1n) is 9.13. The highest BCUT2D eigenvalue weighted by Gasteiger charge is 2.31. The summed E-state index contributed by atoms with van der Waals surface area (Å²) in [6.07, 6.45) is 0.839. The van der Waals surface area contributed by atoms with E-state index in [0.29, 0.717) is 0 Å². The van der Waals surface area contributed by atoms with Gasteiger partial charge in [0.2, 0.25) is 0 Å². The summed E-state index contributed by atoms with van der Waals surface area (Å²) in [6, 6.07) is 15.3. The molecule has 6 heteroatoms. The first-order chi connectivity index (χ1) is 13.6. The van der Waals surface area contributed by atoms with Gasteiger partial charge in [-0.3, -0.25) is 4.90 Å². The van der Waals surface area contributed by atoms with Gasteiger partial charge in [-0.25, -0.2) is 9.59 Å². The van der Waals surface area contributed by atoms with Gasteiger partial charge in [0, 0.05) is 19.5 Å². The molecule has 2 N–H and O–H groups in total. The maximum absolute atomic E-state index is 12.5. The maximum atomic E-state index is 12.5. The molecule has 146 valence electrons. The Bertz CT molecular complexity index is 835. The fourth-order valence-electron chi connectivity index (χ4n) is 3.47. The third kappa shape index (κ3) is 3.77. The molecule has 0 bridgehead atoms. The minimum absolute atomic E-state index is 0.0474. The molecule has 6 nitrogen and oxygen atoms in total. The van der Waals surface area contributed by atoms with Crippen molar-refractivity contribution in [2.45, 2.75) is 12.0 Å². The smallest absolute Gasteiger partial charge is 0.410 e. The van der Waals surface area contributed by atoms with Crippen molar-refractivity contribution < 1.29 is 19.1 Å². The molecule has 0 saturated heterocycles. The number of ether oxygens (including phenoxy) is 2. The van der Waals surface area contributed by atoms with Crippen LogP contribution in [0, 0.1) is 0 Å². The molecule has 0 radical (unpaired) electrons. The lowest BCUT2D eigenvalue weighted by atomic mass is 9.98. The van der Waals surface area contributed by atoms with Crippen LogP contribution < -0.4 is 5.73 Å². The number of carbonyl (C=O) groups excluding carboxylic acids is 2. The van der Waals surface area contributed by atoms with Gasteiger partial charge in [0.1, 0.15) is 19.3 Å². The number of amides is 1. The van der Waals surface area contributed by atoms with Crippen molar-refractivity contribution in [3.63, 3.8) is 0 Å². The molecule has 0 heterocycles. The highest BCUT2D eigenvalue weighted by molar-refractivity contribution is 5.82. The van der Waals surface area contributed by atoms with Crippen molar-refractivity contribution in [1.29, 1.82) is 0 Å². The van der Waals surface area contributed by atoms with Crippen molar-refractivity contribution in [3.8, 4) is 11.1 Å². The molecule has 1 aliphatic rings. The Hall–Kier alpha value is -3.12. The summed E-state index contributed by atoms with van der Waals surface area (Å²) in [5, 5.41) is 0. The Morgan fingerprint density at radius 2 is 1.68 bits per heavy atom. The molecule has 3 rings (SSSR count). The molecule has 1 atom stereocenters. The second-order valence-corrected chi connectivity index (χ2v) is 6.59. The van der Waals surface area contributed by atoms with E-state index in [2.05, 4.69) is 18.7 Å². The highest BCUT2D eigenvalue weighted by atomic mass is 16.6. The van der Waals surface area contributed by atoms with Crippen molar-refractivity contribution >= 4 is 12.1 Å². The molecule has 2 aromatic rings. The van der Waals surface area contributed by atoms with E-state index in [9.17, 15) is 9.59 Å². The number of nitrogens with two attached hydrogens (primary N) is 1. The summed E-state index contributed by atoms with van der Waals surface area (Å²) in [4.78, 5) is 25.8. The Labute approximate surface area is 164 Å². The van der Waals surface area contributed by atoms with Crippen LogP contribution in [0.3, 0.4) is 0 Å². The minimum atomic E-state index is -0.907. The molecule has 0 spiro atoms. The number of nitrogens with zero attached hydrogens (tertiary/aromatic N) is 1. The standard InChI is InChI=1S/C22H24N2O4/c1-3-12-27-21(25)20(13-23)24(2)22(26)28-14-19-17-10-6-4-8-15(17)16-9-5-7-11-18(16)19/h3-11,19-20H,1,12-14,23H2,2H3. The van der Waals surface area contributed by atoms with Gasteiger partial charge in [0.15, 0.2) is 0 Å². The van der Waals surface area contributed by atoms with Gasteiger partial charge in [0.05, 0.1) is 0 Å². The summed E-state index contributed by atoms with van der Waals surface area (Å²) >= 11 is 0. The minimum Gasteiger partial charge on any atom is -0.460 e. The molecule has 1 aliphatic carbocycles. The third-order valence-corrected chi connectivity index (χ3v) is 4.93. The van der Waals surface area contributed by atoms with E-state index >= 15 is 0 Å².